The molecule has 0 bridgehead atoms. The average Bonchev–Trinajstić information content (AvgIpc) is 3.37. The molecule has 0 aliphatic carbocycles. The van der Waals surface area contributed by atoms with Crippen LogP contribution in [0.15, 0.2) is 85.1 Å². The Kier molecular flexibility index (Phi) is 56.3. The molecule has 0 fully saturated rings. The minimum Gasteiger partial charge on any atom is -0.462 e. The van der Waals surface area contributed by atoms with Gasteiger partial charge in [-0.15, -0.1) is 0 Å². The Bertz CT molecular complexity index is 1370. The summed E-state index contributed by atoms with van der Waals surface area (Å²) in [5, 5.41) is 0. The summed E-state index contributed by atoms with van der Waals surface area (Å²) in [5.74, 6) is -0.952. The fourth-order valence-electron chi connectivity index (χ4n) is 8.41. The van der Waals surface area contributed by atoms with Gasteiger partial charge in [0.1, 0.15) is 13.2 Å². The molecule has 1 atom stereocenters. The molecule has 6 heteroatoms. The van der Waals surface area contributed by atoms with E-state index in [1.807, 2.05) is 0 Å². The van der Waals surface area contributed by atoms with Gasteiger partial charge in [0.15, 0.2) is 6.10 Å². The summed E-state index contributed by atoms with van der Waals surface area (Å²) in [4.78, 5) is 38.1. The lowest BCUT2D eigenvalue weighted by Gasteiger charge is -2.18. The molecular weight excluding hydrogens is 877 g/mol. The Morgan fingerprint density at radius 1 is 0.296 bits per heavy atom. The molecule has 0 saturated heterocycles. The van der Waals surface area contributed by atoms with Gasteiger partial charge in [-0.25, -0.2) is 0 Å². The van der Waals surface area contributed by atoms with E-state index in [4.69, 9.17) is 14.2 Å². The maximum absolute atomic E-state index is 12.8. The molecule has 0 N–H and O–H groups in total. The Morgan fingerprint density at radius 3 is 0.887 bits per heavy atom. The first-order chi connectivity index (χ1) is 35.0. The van der Waals surface area contributed by atoms with Gasteiger partial charge in [0, 0.05) is 19.3 Å². The molecule has 0 aliphatic rings. The Balaban J connectivity index is 4.23. The van der Waals surface area contributed by atoms with Crippen molar-refractivity contribution in [3.05, 3.63) is 85.1 Å². The second kappa shape index (κ2) is 59.2. The van der Waals surface area contributed by atoms with Gasteiger partial charge >= 0.3 is 17.9 Å². The van der Waals surface area contributed by atoms with Gasteiger partial charge in [0.05, 0.1) is 0 Å². The van der Waals surface area contributed by atoms with Crippen molar-refractivity contribution in [3.63, 3.8) is 0 Å². The zero-order valence-electron chi connectivity index (χ0n) is 46.7. The number of carbonyl (C=O) groups excluding carboxylic acids is 3. The van der Waals surface area contributed by atoms with Crippen molar-refractivity contribution in [2.45, 2.75) is 297 Å². The number of rotatable bonds is 54. The lowest BCUT2D eigenvalue weighted by molar-refractivity contribution is -0.167. The number of allylic oxidation sites excluding steroid dienone is 14. The maximum atomic E-state index is 12.8. The van der Waals surface area contributed by atoms with Crippen LogP contribution in [0.5, 0.6) is 0 Å². The van der Waals surface area contributed by atoms with Crippen molar-refractivity contribution in [2.75, 3.05) is 13.2 Å². The van der Waals surface area contributed by atoms with E-state index in [1.165, 1.54) is 141 Å². The van der Waals surface area contributed by atoms with Crippen LogP contribution in [0, 0.1) is 0 Å². The van der Waals surface area contributed by atoms with E-state index in [2.05, 4.69) is 106 Å². The quantitative estimate of drug-likeness (QED) is 0.0261. The Labute approximate surface area is 439 Å². The Hall–Kier alpha value is -3.41. The number of hydrogen-bond acceptors (Lipinski definition) is 6. The molecule has 1 unspecified atom stereocenters. The highest BCUT2D eigenvalue weighted by molar-refractivity contribution is 5.71. The normalized spacial score (nSPS) is 12.7. The summed E-state index contributed by atoms with van der Waals surface area (Å²) in [6, 6.07) is 0. The minimum atomic E-state index is -0.803. The van der Waals surface area contributed by atoms with E-state index >= 15 is 0 Å². The second-order valence-corrected chi connectivity index (χ2v) is 19.8. The molecule has 408 valence electrons. The van der Waals surface area contributed by atoms with Gasteiger partial charge in [-0.2, -0.15) is 0 Å². The van der Waals surface area contributed by atoms with Gasteiger partial charge in [-0.1, -0.05) is 247 Å². The summed E-state index contributed by atoms with van der Waals surface area (Å²) in [6.07, 6.45) is 77.5. The molecule has 0 amide bonds. The molecule has 71 heavy (non-hydrogen) atoms. The molecule has 0 aromatic heterocycles. The van der Waals surface area contributed by atoms with E-state index in [0.717, 1.165) is 109 Å². The number of unbranched alkanes of at least 4 members (excludes halogenated alkanes) is 29. The highest BCUT2D eigenvalue weighted by Gasteiger charge is 2.19. The van der Waals surface area contributed by atoms with Crippen LogP contribution in [-0.2, 0) is 28.6 Å². The first kappa shape index (κ1) is 67.6. The third-order valence-corrected chi connectivity index (χ3v) is 12.9. The second-order valence-electron chi connectivity index (χ2n) is 19.8. The van der Waals surface area contributed by atoms with Crippen molar-refractivity contribution >= 4 is 17.9 Å². The number of hydrogen-bond donors (Lipinski definition) is 0. The van der Waals surface area contributed by atoms with Crippen LogP contribution in [0.4, 0.5) is 0 Å². The molecule has 0 aromatic rings. The van der Waals surface area contributed by atoms with Gasteiger partial charge in [-0.3, -0.25) is 14.4 Å². The highest BCUT2D eigenvalue weighted by atomic mass is 16.6. The first-order valence-electron chi connectivity index (χ1n) is 30.1. The fourth-order valence-corrected chi connectivity index (χ4v) is 8.41. The molecule has 0 aliphatic heterocycles. The summed E-state index contributed by atoms with van der Waals surface area (Å²) >= 11 is 0. The number of esters is 3. The molecular formula is C65H112O6. The highest BCUT2D eigenvalue weighted by Crippen LogP contribution is 2.16. The van der Waals surface area contributed by atoms with Crippen molar-refractivity contribution in [3.8, 4) is 0 Å². The fraction of sp³-hybridized carbons (Fsp3) is 0.738. The van der Waals surface area contributed by atoms with Crippen molar-refractivity contribution in [1.82, 2.24) is 0 Å². The summed E-state index contributed by atoms with van der Waals surface area (Å²) in [7, 11) is 0. The van der Waals surface area contributed by atoms with Gasteiger partial charge in [-0.05, 0) is 109 Å². The van der Waals surface area contributed by atoms with Crippen LogP contribution in [0.2, 0.25) is 0 Å². The predicted octanol–water partition coefficient (Wildman–Crippen LogP) is 20.3. The van der Waals surface area contributed by atoms with Gasteiger partial charge in [0.2, 0.25) is 0 Å². The summed E-state index contributed by atoms with van der Waals surface area (Å²) < 4.78 is 16.8. The average molecular weight is 990 g/mol. The van der Waals surface area contributed by atoms with Crippen LogP contribution in [0.25, 0.3) is 0 Å². The molecule has 0 rings (SSSR count). The van der Waals surface area contributed by atoms with E-state index in [9.17, 15) is 14.4 Å². The van der Waals surface area contributed by atoms with E-state index in [0.29, 0.717) is 12.8 Å². The molecule has 6 nitrogen and oxygen atoms in total. The molecule has 0 radical (unpaired) electrons. The zero-order valence-corrected chi connectivity index (χ0v) is 46.7. The van der Waals surface area contributed by atoms with Crippen LogP contribution < -0.4 is 0 Å². The molecule has 0 saturated carbocycles. The molecule has 0 heterocycles. The third kappa shape index (κ3) is 57.4. The standard InChI is InChI=1S/C65H112O6/c1-4-7-10-13-16-19-22-25-26-27-28-29-30-31-32-33-34-35-36-37-38-41-43-46-49-52-55-58-64(67)70-61-62(71-65(68)59-56-53-50-47-44-40-24-21-18-15-12-9-6-3)60-69-63(66)57-54-51-48-45-42-39-23-20-17-14-11-8-5-2/h8-9,11-12,17-18,20-21,27-28,39-40,42,44,62H,4-7,10,13-16,19,22-26,29-38,41,43,45-61H2,1-3H3/b11-8-,12-9-,20-17-,21-18-,28-27-,42-39-,44-40-. The van der Waals surface area contributed by atoms with Crippen molar-refractivity contribution < 1.29 is 28.6 Å². The minimum absolute atomic E-state index is 0.0970. The van der Waals surface area contributed by atoms with Crippen LogP contribution in [-0.4, -0.2) is 37.2 Å². The lowest BCUT2D eigenvalue weighted by atomic mass is 10.0. The summed E-state index contributed by atoms with van der Waals surface area (Å²) in [6.45, 7) is 6.38. The molecule has 0 aromatic carbocycles. The van der Waals surface area contributed by atoms with Crippen LogP contribution >= 0.6 is 0 Å². The van der Waals surface area contributed by atoms with E-state index in [-0.39, 0.29) is 37.5 Å². The lowest BCUT2D eigenvalue weighted by Crippen LogP contribution is -2.30. The maximum Gasteiger partial charge on any atom is 0.306 e. The monoisotopic (exact) mass is 989 g/mol. The first-order valence-corrected chi connectivity index (χ1v) is 30.1. The largest absolute Gasteiger partial charge is 0.462 e. The van der Waals surface area contributed by atoms with E-state index < -0.39 is 6.10 Å². The van der Waals surface area contributed by atoms with Crippen molar-refractivity contribution in [2.24, 2.45) is 0 Å². The summed E-state index contributed by atoms with van der Waals surface area (Å²) in [5.41, 5.74) is 0. The van der Waals surface area contributed by atoms with Crippen molar-refractivity contribution in [1.29, 1.82) is 0 Å². The van der Waals surface area contributed by atoms with Crippen LogP contribution in [0.3, 0.4) is 0 Å². The van der Waals surface area contributed by atoms with Gasteiger partial charge < -0.3 is 14.2 Å². The number of carbonyl (C=O) groups is 3. The third-order valence-electron chi connectivity index (χ3n) is 12.9. The van der Waals surface area contributed by atoms with Gasteiger partial charge in [0.25, 0.3) is 0 Å². The zero-order chi connectivity index (χ0) is 51.4. The topological polar surface area (TPSA) is 78.9 Å². The predicted molar refractivity (Wildman–Crippen MR) is 307 cm³/mol. The van der Waals surface area contributed by atoms with Crippen LogP contribution in [0.1, 0.15) is 290 Å². The van der Waals surface area contributed by atoms with E-state index in [1.54, 1.807) is 0 Å². The smallest absolute Gasteiger partial charge is 0.306 e. The Morgan fingerprint density at radius 2 is 0.549 bits per heavy atom. The SMILES string of the molecule is CC/C=C\C/C=C\C/C=C\CCCCCC(=O)OCC(COC(=O)CCCCCCCCCCCCCCCCC/C=C\CCCCCCCCCC)OC(=O)CCCCC/C=C\C/C=C\C/C=C\CC. The number of ether oxygens (including phenoxy) is 3. The molecule has 0 spiro atoms.